The molecule has 1 aromatic heterocycles. The first kappa shape index (κ1) is 18.0. The quantitative estimate of drug-likeness (QED) is 0.638. The fourth-order valence-corrected chi connectivity index (χ4v) is 5.12. The molecule has 1 amide bonds. The number of hydrogen-bond donors (Lipinski definition) is 1. The van der Waals surface area contributed by atoms with Gasteiger partial charge >= 0.3 is 0 Å². The van der Waals surface area contributed by atoms with E-state index < -0.39 is 4.92 Å². The molecule has 1 aromatic carbocycles. The van der Waals surface area contributed by atoms with Crippen LogP contribution in [-0.2, 0) is 4.74 Å². The predicted octanol–water partition coefficient (Wildman–Crippen LogP) is 3.89. The van der Waals surface area contributed by atoms with E-state index in [9.17, 15) is 14.9 Å². The molecule has 7 heteroatoms. The molecule has 4 rings (SSSR count). The van der Waals surface area contributed by atoms with Gasteiger partial charge in [0, 0.05) is 54.3 Å². The van der Waals surface area contributed by atoms with E-state index in [0.717, 1.165) is 24.8 Å². The highest BCUT2D eigenvalue weighted by molar-refractivity contribution is 6.07. The minimum Gasteiger partial charge on any atom is -0.378 e. The second-order valence-corrected chi connectivity index (χ2v) is 7.74. The first-order valence-electron chi connectivity index (χ1n) is 9.62. The number of benzene rings is 1. The van der Waals surface area contributed by atoms with E-state index in [1.165, 1.54) is 25.0 Å². The van der Waals surface area contributed by atoms with Crippen LogP contribution in [0.5, 0.6) is 0 Å². The van der Waals surface area contributed by atoms with Crippen molar-refractivity contribution in [1.82, 2.24) is 9.88 Å². The van der Waals surface area contributed by atoms with Crippen LogP contribution in [0.25, 0.3) is 10.9 Å². The highest BCUT2D eigenvalue weighted by Crippen LogP contribution is 2.56. The molecular weight excluding hydrogens is 346 g/mol. The lowest BCUT2D eigenvalue weighted by atomic mass is 9.60. The lowest BCUT2D eigenvalue weighted by Crippen LogP contribution is -2.63. The predicted molar refractivity (Wildman–Crippen MR) is 102 cm³/mol. The van der Waals surface area contributed by atoms with E-state index >= 15 is 0 Å². The number of H-pyrrole nitrogens is 1. The lowest BCUT2D eigenvalue weighted by molar-refractivity contribution is -0.384. The molecule has 2 aromatic rings. The molecule has 2 fully saturated rings. The summed E-state index contributed by atoms with van der Waals surface area (Å²) in [5.74, 6) is -0.0898. The molecule has 2 aliphatic rings. The Hall–Kier alpha value is -2.41. The maximum absolute atomic E-state index is 13.2. The number of nitrogens with one attached hydrogen (secondary N) is 1. The van der Waals surface area contributed by atoms with Crippen molar-refractivity contribution in [2.75, 3.05) is 13.7 Å². The molecule has 144 valence electrons. The Kier molecular flexibility index (Phi) is 4.42. The number of fused-ring (bicyclic) bond motifs is 1. The van der Waals surface area contributed by atoms with Crippen molar-refractivity contribution < 1.29 is 14.5 Å². The van der Waals surface area contributed by atoms with Gasteiger partial charge in [-0.2, -0.15) is 0 Å². The van der Waals surface area contributed by atoms with Gasteiger partial charge in [-0.25, -0.2) is 0 Å². The molecule has 1 heterocycles. The minimum absolute atomic E-state index is 0.00822. The summed E-state index contributed by atoms with van der Waals surface area (Å²) in [6.45, 7) is 2.71. The molecule has 2 saturated carbocycles. The van der Waals surface area contributed by atoms with Crippen LogP contribution in [-0.4, -0.2) is 46.5 Å². The minimum atomic E-state index is -0.434. The highest BCUT2D eigenvalue weighted by atomic mass is 16.6. The fourth-order valence-electron chi connectivity index (χ4n) is 5.12. The van der Waals surface area contributed by atoms with Crippen LogP contribution in [0.15, 0.2) is 24.4 Å². The summed E-state index contributed by atoms with van der Waals surface area (Å²) < 4.78 is 5.96. The van der Waals surface area contributed by atoms with Crippen LogP contribution in [0.2, 0.25) is 0 Å². The molecule has 0 radical (unpaired) electrons. The smallest absolute Gasteiger partial charge is 0.270 e. The van der Waals surface area contributed by atoms with E-state index in [1.807, 2.05) is 18.9 Å². The van der Waals surface area contributed by atoms with Crippen molar-refractivity contribution in [2.45, 2.75) is 51.2 Å². The maximum atomic E-state index is 13.2. The Bertz CT molecular complexity index is 884. The van der Waals surface area contributed by atoms with Gasteiger partial charge in [0.2, 0.25) is 0 Å². The summed E-state index contributed by atoms with van der Waals surface area (Å²) in [4.78, 5) is 28.8. The number of nitro groups is 1. The van der Waals surface area contributed by atoms with Gasteiger partial charge in [-0.05, 0) is 32.3 Å². The second kappa shape index (κ2) is 6.64. The third-order valence-corrected chi connectivity index (χ3v) is 6.54. The molecule has 0 bridgehead atoms. The first-order valence-corrected chi connectivity index (χ1v) is 9.62. The number of nitro benzene ring substituents is 1. The maximum Gasteiger partial charge on any atom is 0.270 e. The monoisotopic (exact) mass is 371 g/mol. The number of nitrogens with zero attached hydrogens (tertiary/aromatic N) is 2. The summed E-state index contributed by atoms with van der Waals surface area (Å²) in [5, 5.41) is 11.7. The van der Waals surface area contributed by atoms with Crippen molar-refractivity contribution in [2.24, 2.45) is 5.41 Å². The molecule has 1 spiro atoms. The second-order valence-electron chi connectivity index (χ2n) is 7.74. The van der Waals surface area contributed by atoms with Gasteiger partial charge in [-0.3, -0.25) is 14.9 Å². The average Bonchev–Trinajstić information content (AvgIpc) is 3.31. The van der Waals surface area contributed by atoms with Gasteiger partial charge in [0.1, 0.15) is 0 Å². The SMILES string of the molecule is CCO[C@H]1C[C@H](N(C)C(=O)c2c[nH]c3ccc([N+](=O)[O-])cc23)C12CCCC2. The molecule has 7 nitrogen and oxygen atoms in total. The Morgan fingerprint density at radius 2 is 2.15 bits per heavy atom. The van der Waals surface area contributed by atoms with Gasteiger partial charge in [-0.1, -0.05) is 12.8 Å². The lowest BCUT2D eigenvalue weighted by Gasteiger charge is -2.57. The van der Waals surface area contributed by atoms with Crippen molar-refractivity contribution in [3.63, 3.8) is 0 Å². The van der Waals surface area contributed by atoms with Crippen molar-refractivity contribution >= 4 is 22.5 Å². The summed E-state index contributed by atoms with van der Waals surface area (Å²) in [6, 6.07) is 4.73. The summed E-state index contributed by atoms with van der Waals surface area (Å²) >= 11 is 0. The zero-order chi connectivity index (χ0) is 19.2. The first-order chi connectivity index (χ1) is 13.0. The average molecular weight is 371 g/mol. The molecule has 0 saturated heterocycles. The molecule has 1 N–H and O–H groups in total. The largest absolute Gasteiger partial charge is 0.378 e. The zero-order valence-corrected chi connectivity index (χ0v) is 15.7. The number of carbonyl (C=O) groups is 1. The van der Waals surface area contributed by atoms with Gasteiger partial charge in [0.05, 0.1) is 16.6 Å². The summed E-state index contributed by atoms with van der Waals surface area (Å²) in [6.07, 6.45) is 7.31. The molecule has 27 heavy (non-hydrogen) atoms. The third-order valence-electron chi connectivity index (χ3n) is 6.54. The number of rotatable bonds is 5. The van der Waals surface area contributed by atoms with Crippen LogP contribution in [0.4, 0.5) is 5.69 Å². The van der Waals surface area contributed by atoms with Crippen molar-refractivity contribution in [1.29, 1.82) is 0 Å². The van der Waals surface area contributed by atoms with E-state index in [1.54, 1.807) is 12.3 Å². The van der Waals surface area contributed by atoms with Crippen molar-refractivity contribution in [3.8, 4) is 0 Å². The normalized spacial score (nSPS) is 23.5. The number of aromatic amines is 1. The number of non-ortho nitro benzene ring substituents is 1. The summed E-state index contributed by atoms with van der Waals surface area (Å²) in [7, 11) is 1.85. The number of hydrogen-bond acceptors (Lipinski definition) is 4. The van der Waals surface area contributed by atoms with Crippen LogP contribution in [0.3, 0.4) is 0 Å². The van der Waals surface area contributed by atoms with Gasteiger partial charge in [-0.15, -0.1) is 0 Å². The van der Waals surface area contributed by atoms with Crippen LogP contribution in [0.1, 0.15) is 49.4 Å². The molecule has 0 unspecified atom stereocenters. The Morgan fingerprint density at radius 3 is 2.81 bits per heavy atom. The Morgan fingerprint density at radius 1 is 1.41 bits per heavy atom. The van der Waals surface area contributed by atoms with Gasteiger partial charge in [0.15, 0.2) is 0 Å². The molecular formula is C20H25N3O4. The molecule has 2 atom stereocenters. The van der Waals surface area contributed by atoms with E-state index in [-0.39, 0.29) is 29.2 Å². The van der Waals surface area contributed by atoms with Gasteiger partial charge in [0.25, 0.3) is 11.6 Å². The Balaban J connectivity index is 1.62. The Labute approximate surface area is 157 Å². The number of ether oxygens (including phenoxy) is 1. The molecule has 2 aliphatic carbocycles. The summed E-state index contributed by atoms with van der Waals surface area (Å²) in [5.41, 5.74) is 1.28. The topological polar surface area (TPSA) is 88.5 Å². The number of carbonyl (C=O) groups excluding carboxylic acids is 1. The van der Waals surface area contributed by atoms with E-state index in [0.29, 0.717) is 17.6 Å². The standard InChI is InChI=1S/C20H25N3O4/c1-3-27-18-11-17(20(18)8-4-5-9-20)22(2)19(24)15-12-21-16-7-6-13(23(25)26)10-14(15)16/h6-7,10,12,17-18,21H,3-5,8-9,11H2,1-2H3/t17-,18-/m0/s1. The fraction of sp³-hybridized carbons (Fsp3) is 0.550. The van der Waals surface area contributed by atoms with E-state index in [4.69, 9.17) is 4.74 Å². The van der Waals surface area contributed by atoms with Crippen LogP contribution >= 0.6 is 0 Å². The third kappa shape index (κ3) is 2.72. The van der Waals surface area contributed by atoms with Crippen LogP contribution in [0, 0.1) is 15.5 Å². The highest BCUT2D eigenvalue weighted by Gasteiger charge is 2.58. The van der Waals surface area contributed by atoms with Crippen molar-refractivity contribution in [3.05, 3.63) is 40.1 Å². The number of aromatic nitrogens is 1. The number of amides is 1. The van der Waals surface area contributed by atoms with Gasteiger partial charge < -0.3 is 14.6 Å². The molecule has 0 aliphatic heterocycles. The van der Waals surface area contributed by atoms with Crippen LogP contribution < -0.4 is 0 Å². The van der Waals surface area contributed by atoms with E-state index in [2.05, 4.69) is 4.98 Å². The zero-order valence-electron chi connectivity index (χ0n) is 15.7.